The Bertz CT molecular complexity index is 1230. The smallest absolute Gasteiger partial charge is 0.243 e. The summed E-state index contributed by atoms with van der Waals surface area (Å²) in [6, 6.07) is 19.7. The maximum atomic E-state index is 13.8. The molecular weight excluding hydrogens is 430 g/mol. The molecule has 2 heterocycles. The number of nitrogens with zero attached hydrogens (tertiary/aromatic N) is 2. The molecule has 2 aliphatic rings. The first-order chi connectivity index (χ1) is 15.4. The summed E-state index contributed by atoms with van der Waals surface area (Å²) in [5.41, 5.74) is 3.19. The van der Waals surface area contributed by atoms with E-state index in [-0.39, 0.29) is 29.1 Å². The summed E-state index contributed by atoms with van der Waals surface area (Å²) in [4.78, 5) is 2.28. The van der Waals surface area contributed by atoms with Crippen molar-refractivity contribution >= 4 is 10.0 Å². The molecule has 5 rings (SSSR count). The fourth-order valence-corrected chi connectivity index (χ4v) is 6.50. The number of halogens is 2. The monoisotopic (exact) mass is 454 g/mol. The molecule has 166 valence electrons. The number of rotatable bonds is 4. The molecule has 0 bridgehead atoms. The van der Waals surface area contributed by atoms with E-state index >= 15 is 0 Å². The first kappa shape index (κ1) is 21.2. The predicted octanol–water partition coefficient (Wildman–Crippen LogP) is 4.38. The third kappa shape index (κ3) is 4.08. The molecular formula is C25H24F2N2O2S. The topological polar surface area (TPSA) is 40.6 Å². The Hall–Kier alpha value is -2.61. The molecule has 0 radical (unpaired) electrons. The molecule has 2 aliphatic heterocycles. The van der Waals surface area contributed by atoms with Gasteiger partial charge in [-0.15, -0.1) is 0 Å². The van der Waals surface area contributed by atoms with Crippen LogP contribution in [-0.4, -0.2) is 37.3 Å². The second-order valence-electron chi connectivity index (χ2n) is 8.64. The molecule has 0 amide bonds. The van der Waals surface area contributed by atoms with Crippen LogP contribution in [0.2, 0.25) is 0 Å². The number of hydrogen-bond acceptors (Lipinski definition) is 3. The van der Waals surface area contributed by atoms with Gasteiger partial charge in [-0.05, 0) is 52.9 Å². The standard InChI is InChI=1S/C25H24F2N2O2S/c26-21-10-8-18(9-11-21)13-28-14-20-16-29(32(30,31)23-6-3-5-22(27)12-23)15-19-4-1-2-7-24(19)25(20)17-28/h1-12,20,25H,13-17H2/t20-,25+/m0/s1. The van der Waals surface area contributed by atoms with Crippen LogP contribution in [0.1, 0.15) is 22.6 Å². The average molecular weight is 455 g/mol. The van der Waals surface area contributed by atoms with Crippen LogP contribution in [0.5, 0.6) is 0 Å². The average Bonchev–Trinajstić information content (AvgIpc) is 3.10. The van der Waals surface area contributed by atoms with E-state index in [2.05, 4.69) is 11.0 Å². The van der Waals surface area contributed by atoms with Gasteiger partial charge in [-0.25, -0.2) is 17.2 Å². The van der Waals surface area contributed by atoms with Crippen LogP contribution in [0.15, 0.2) is 77.7 Å². The molecule has 0 spiro atoms. The molecule has 32 heavy (non-hydrogen) atoms. The van der Waals surface area contributed by atoms with Gasteiger partial charge in [0.05, 0.1) is 4.90 Å². The van der Waals surface area contributed by atoms with Gasteiger partial charge in [0, 0.05) is 38.6 Å². The van der Waals surface area contributed by atoms with E-state index in [1.165, 1.54) is 40.2 Å². The summed E-state index contributed by atoms with van der Waals surface area (Å²) in [6.45, 7) is 2.89. The van der Waals surface area contributed by atoms with Gasteiger partial charge in [0.25, 0.3) is 0 Å². The number of benzene rings is 3. The summed E-state index contributed by atoms with van der Waals surface area (Å²) in [5.74, 6) is -0.500. The Kier molecular flexibility index (Phi) is 5.57. The summed E-state index contributed by atoms with van der Waals surface area (Å²) in [5, 5.41) is 0. The Labute approximate surface area is 187 Å². The van der Waals surface area contributed by atoms with Gasteiger partial charge >= 0.3 is 0 Å². The normalized spacial score (nSPS) is 21.7. The van der Waals surface area contributed by atoms with E-state index in [0.717, 1.165) is 30.3 Å². The fourth-order valence-electron chi connectivity index (χ4n) is 4.99. The van der Waals surface area contributed by atoms with Crippen molar-refractivity contribution in [1.82, 2.24) is 9.21 Å². The molecule has 0 aromatic heterocycles. The van der Waals surface area contributed by atoms with Crippen LogP contribution < -0.4 is 0 Å². The molecule has 3 aromatic carbocycles. The zero-order valence-electron chi connectivity index (χ0n) is 17.5. The lowest BCUT2D eigenvalue weighted by molar-refractivity contribution is 0.293. The van der Waals surface area contributed by atoms with Gasteiger partial charge in [-0.2, -0.15) is 4.31 Å². The summed E-state index contributed by atoms with van der Waals surface area (Å²) in [7, 11) is -3.84. The van der Waals surface area contributed by atoms with E-state index in [1.807, 2.05) is 18.2 Å². The van der Waals surface area contributed by atoms with E-state index in [4.69, 9.17) is 0 Å². The van der Waals surface area contributed by atoms with E-state index in [0.29, 0.717) is 13.1 Å². The Morgan fingerprint density at radius 2 is 1.62 bits per heavy atom. The molecule has 0 unspecified atom stereocenters. The second-order valence-corrected chi connectivity index (χ2v) is 10.6. The SMILES string of the molecule is O=S(=O)(c1cccc(F)c1)N1Cc2ccccc2[C@@H]2CN(Cc3ccc(F)cc3)C[C@H]2C1. The van der Waals surface area contributed by atoms with Gasteiger partial charge in [-0.3, -0.25) is 4.90 Å². The molecule has 1 fully saturated rings. The Balaban J connectivity index is 1.45. The van der Waals surface area contributed by atoms with Crippen molar-refractivity contribution in [2.75, 3.05) is 19.6 Å². The lowest BCUT2D eigenvalue weighted by Crippen LogP contribution is -2.35. The number of sulfonamides is 1. The summed E-state index contributed by atoms with van der Waals surface area (Å²) in [6.07, 6.45) is 0. The highest BCUT2D eigenvalue weighted by atomic mass is 32.2. The van der Waals surface area contributed by atoms with Crippen LogP contribution in [0.3, 0.4) is 0 Å². The highest BCUT2D eigenvalue weighted by Gasteiger charge is 2.41. The van der Waals surface area contributed by atoms with Crippen molar-refractivity contribution in [3.63, 3.8) is 0 Å². The largest absolute Gasteiger partial charge is 0.298 e. The quantitative estimate of drug-likeness (QED) is 0.587. The zero-order valence-corrected chi connectivity index (χ0v) is 18.3. The first-order valence-electron chi connectivity index (χ1n) is 10.7. The fraction of sp³-hybridized carbons (Fsp3) is 0.280. The third-order valence-corrected chi connectivity index (χ3v) is 8.32. The van der Waals surface area contributed by atoms with E-state index < -0.39 is 15.8 Å². The minimum absolute atomic E-state index is 0.0189. The molecule has 2 atom stereocenters. The van der Waals surface area contributed by atoms with Crippen LogP contribution in [-0.2, 0) is 23.1 Å². The van der Waals surface area contributed by atoms with Gasteiger partial charge in [0.2, 0.25) is 10.0 Å². The van der Waals surface area contributed by atoms with Crippen molar-refractivity contribution < 1.29 is 17.2 Å². The third-order valence-electron chi connectivity index (χ3n) is 6.51. The van der Waals surface area contributed by atoms with Crippen molar-refractivity contribution in [2.24, 2.45) is 5.92 Å². The second kappa shape index (κ2) is 8.39. The minimum atomic E-state index is -3.84. The van der Waals surface area contributed by atoms with E-state index in [1.54, 1.807) is 12.1 Å². The zero-order chi connectivity index (χ0) is 22.3. The molecule has 7 heteroatoms. The van der Waals surface area contributed by atoms with Crippen LogP contribution >= 0.6 is 0 Å². The highest BCUT2D eigenvalue weighted by molar-refractivity contribution is 7.89. The Morgan fingerprint density at radius 3 is 2.41 bits per heavy atom. The van der Waals surface area contributed by atoms with Gasteiger partial charge < -0.3 is 0 Å². The molecule has 0 aliphatic carbocycles. The lowest BCUT2D eigenvalue weighted by atomic mass is 9.87. The van der Waals surface area contributed by atoms with Gasteiger partial charge in [-0.1, -0.05) is 42.5 Å². The van der Waals surface area contributed by atoms with Crippen LogP contribution in [0.25, 0.3) is 0 Å². The maximum absolute atomic E-state index is 13.8. The number of hydrogen-bond donors (Lipinski definition) is 0. The summed E-state index contributed by atoms with van der Waals surface area (Å²) >= 11 is 0. The van der Waals surface area contributed by atoms with Crippen molar-refractivity contribution in [1.29, 1.82) is 0 Å². The van der Waals surface area contributed by atoms with E-state index in [9.17, 15) is 17.2 Å². The molecule has 4 nitrogen and oxygen atoms in total. The van der Waals surface area contributed by atoms with Crippen LogP contribution in [0.4, 0.5) is 8.78 Å². The highest BCUT2D eigenvalue weighted by Crippen LogP contribution is 2.40. The molecule has 1 saturated heterocycles. The predicted molar refractivity (Wildman–Crippen MR) is 118 cm³/mol. The molecule has 0 saturated carbocycles. The Morgan fingerprint density at radius 1 is 0.844 bits per heavy atom. The number of fused-ring (bicyclic) bond motifs is 3. The minimum Gasteiger partial charge on any atom is -0.298 e. The number of likely N-dealkylation sites (tertiary alicyclic amines) is 1. The van der Waals surface area contributed by atoms with Crippen molar-refractivity contribution in [3.8, 4) is 0 Å². The van der Waals surface area contributed by atoms with Gasteiger partial charge in [0.1, 0.15) is 11.6 Å². The first-order valence-corrected chi connectivity index (χ1v) is 12.1. The molecule has 3 aromatic rings. The summed E-state index contributed by atoms with van der Waals surface area (Å²) < 4.78 is 55.3. The maximum Gasteiger partial charge on any atom is 0.243 e. The molecule has 0 N–H and O–H groups in total. The van der Waals surface area contributed by atoms with Crippen molar-refractivity contribution in [3.05, 3.63) is 101 Å². The van der Waals surface area contributed by atoms with Gasteiger partial charge in [0.15, 0.2) is 0 Å². The van der Waals surface area contributed by atoms with Crippen LogP contribution in [0, 0.1) is 17.6 Å². The van der Waals surface area contributed by atoms with Crippen molar-refractivity contribution in [2.45, 2.75) is 23.9 Å². The lowest BCUT2D eigenvalue weighted by Gasteiger charge is -2.24.